The molecule has 0 amide bonds. The van der Waals surface area contributed by atoms with Crippen molar-refractivity contribution in [2.45, 2.75) is 54.4 Å². The highest BCUT2D eigenvalue weighted by Crippen LogP contribution is 2.36. The van der Waals surface area contributed by atoms with Crippen molar-refractivity contribution in [1.29, 1.82) is 0 Å². The minimum atomic E-state index is -0.0523. The molecule has 0 bridgehead atoms. The van der Waals surface area contributed by atoms with Crippen molar-refractivity contribution in [3.05, 3.63) is 51.5 Å². The third-order valence-electron chi connectivity index (χ3n) is 2.03. The number of ether oxygens (including phenoxy) is 1. The molecule has 0 saturated heterocycles. The molecule has 25 heavy (non-hydrogen) atoms. The van der Waals surface area contributed by atoms with Gasteiger partial charge in [0.1, 0.15) is 5.75 Å². The van der Waals surface area contributed by atoms with Crippen LogP contribution in [0.1, 0.15) is 54.4 Å². The van der Waals surface area contributed by atoms with Crippen LogP contribution in [-0.2, 0) is 0 Å². The van der Waals surface area contributed by atoms with Crippen molar-refractivity contribution < 1.29 is 9.84 Å². The van der Waals surface area contributed by atoms with E-state index in [-0.39, 0.29) is 11.5 Å². The second kappa shape index (κ2) is 16.4. The van der Waals surface area contributed by atoms with Crippen LogP contribution in [0.5, 0.6) is 17.2 Å². The number of hydrogen-bond donors (Lipinski definition) is 1. The summed E-state index contributed by atoms with van der Waals surface area (Å²) in [6.45, 7) is 12.5. The van der Waals surface area contributed by atoms with Crippen LogP contribution in [0.2, 0.25) is 15.1 Å². The van der Waals surface area contributed by atoms with E-state index in [0.29, 0.717) is 20.8 Å². The number of phenols is 1. The van der Waals surface area contributed by atoms with E-state index in [9.17, 15) is 5.11 Å². The maximum absolute atomic E-state index is 9.62. The molecule has 0 unspecified atom stereocenters. The zero-order valence-electron chi connectivity index (χ0n) is 15.9. The first kappa shape index (κ1) is 26.1. The van der Waals surface area contributed by atoms with Crippen LogP contribution in [-0.4, -0.2) is 5.11 Å². The molecule has 1 N–H and O–H groups in total. The van der Waals surface area contributed by atoms with E-state index in [2.05, 4.69) is 27.7 Å². The fourth-order valence-electron chi connectivity index (χ4n) is 1.25. The predicted molar refractivity (Wildman–Crippen MR) is 113 cm³/mol. The van der Waals surface area contributed by atoms with Crippen molar-refractivity contribution in [1.82, 2.24) is 0 Å². The second-order valence-corrected chi connectivity index (χ2v) is 5.98. The van der Waals surface area contributed by atoms with E-state index < -0.39 is 0 Å². The highest BCUT2D eigenvalue weighted by Gasteiger charge is 2.08. The van der Waals surface area contributed by atoms with E-state index in [4.69, 9.17) is 39.5 Å². The van der Waals surface area contributed by atoms with Gasteiger partial charge in [-0.3, -0.25) is 0 Å². The SMILES string of the molecule is CC.CCC.CCC.Oc1cc(Cl)ccc1Oc1ccc(Cl)cc1Cl. The van der Waals surface area contributed by atoms with Gasteiger partial charge in [-0.25, -0.2) is 0 Å². The third-order valence-corrected chi connectivity index (χ3v) is 2.80. The molecule has 0 fully saturated rings. The Kier molecular flexibility index (Phi) is 17.1. The van der Waals surface area contributed by atoms with Crippen LogP contribution in [0.3, 0.4) is 0 Å². The maximum atomic E-state index is 9.62. The summed E-state index contributed by atoms with van der Waals surface area (Å²) in [6, 6.07) is 9.39. The van der Waals surface area contributed by atoms with E-state index in [1.54, 1.807) is 30.3 Å². The fraction of sp³-hybridized carbons (Fsp3) is 0.400. The zero-order valence-corrected chi connectivity index (χ0v) is 18.1. The molecule has 0 aromatic heterocycles. The number of rotatable bonds is 2. The molecule has 0 aliphatic heterocycles. The number of hydrogen-bond acceptors (Lipinski definition) is 2. The summed E-state index contributed by atoms with van der Waals surface area (Å²) in [5, 5.41) is 10.9. The number of phenolic OH excluding ortho intramolecular Hbond substituents is 1. The van der Waals surface area contributed by atoms with Gasteiger partial charge < -0.3 is 9.84 Å². The molecule has 2 rings (SSSR count). The minimum Gasteiger partial charge on any atom is -0.504 e. The van der Waals surface area contributed by atoms with Gasteiger partial charge in [-0.1, -0.05) is 89.2 Å². The van der Waals surface area contributed by atoms with Gasteiger partial charge >= 0.3 is 0 Å². The van der Waals surface area contributed by atoms with Crippen molar-refractivity contribution in [2.75, 3.05) is 0 Å². The predicted octanol–water partition coefficient (Wildman–Crippen LogP) is 9.00. The van der Waals surface area contributed by atoms with Crippen molar-refractivity contribution in [2.24, 2.45) is 0 Å². The van der Waals surface area contributed by atoms with Gasteiger partial charge in [0.15, 0.2) is 11.5 Å². The Labute approximate surface area is 167 Å². The van der Waals surface area contributed by atoms with Crippen LogP contribution in [0, 0.1) is 0 Å². The Morgan fingerprint density at radius 3 is 1.56 bits per heavy atom. The highest BCUT2D eigenvalue weighted by molar-refractivity contribution is 6.35. The lowest BCUT2D eigenvalue weighted by Crippen LogP contribution is -1.86. The van der Waals surface area contributed by atoms with E-state index >= 15 is 0 Å². The average molecular weight is 408 g/mol. The molecule has 0 aliphatic carbocycles. The summed E-state index contributed by atoms with van der Waals surface area (Å²) in [5.74, 6) is 0.635. The fourth-order valence-corrected chi connectivity index (χ4v) is 1.87. The van der Waals surface area contributed by atoms with Crippen molar-refractivity contribution in [3.63, 3.8) is 0 Å². The quantitative estimate of drug-likeness (QED) is 0.538. The van der Waals surface area contributed by atoms with Crippen LogP contribution >= 0.6 is 34.8 Å². The van der Waals surface area contributed by atoms with Gasteiger partial charge in [0, 0.05) is 16.1 Å². The standard InChI is InChI=1S/C12H7Cl3O2.2C3H8.C2H6/c13-7-1-3-11(9(15)5-7)17-12-4-2-8(14)6-10(12)16;2*1-3-2;1-2/h1-6,16H;2*3H2,1-2H3;1-2H3. The van der Waals surface area contributed by atoms with Gasteiger partial charge in [0.05, 0.1) is 5.02 Å². The maximum Gasteiger partial charge on any atom is 0.169 e. The van der Waals surface area contributed by atoms with Crippen molar-refractivity contribution in [3.8, 4) is 17.2 Å². The molecule has 142 valence electrons. The lowest BCUT2D eigenvalue weighted by atomic mass is 10.3. The molecule has 0 saturated carbocycles. The van der Waals surface area contributed by atoms with Gasteiger partial charge in [-0.15, -0.1) is 0 Å². The Hall–Kier alpha value is -1.09. The second-order valence-electron chi connectivity index (χ2n) is 4.70. The van der Waals surface area contributed by atoms with Gasteiger partial charge in [0.25, 0.3) is 0 Å². The molecule has 0 radical (unpaired) electrons. The number of halogens is 3. The topological polar surface area (TPSA) is 29.5 Å². The molecule has 0 spiro atoms. The van der Waals surface area contributed by atoms with Gasteiger partial charge in [0.2, 0.25) is 0 Å². The summed E-state index contributed by atoms with van der Waals surface area (Å²) < 4.78 is 5.45. The summed E-state index contributed by atoms with van der Waals surface area (Å²) in [5.41, 5.74) is 0. The average Bonchev–Trinajstić information content (AvgIpc) is 2.56. The van der Waals surface area contributed by atoms with Crippen LogP contribution < -0.4 is 4.74 Å². The zero-order chi connectivity index (χ0) is 19.8. The lowest BCUT2D eigenvalue weighted by molar-refractivity contribution is 0.411. The van der Waals surface area contributed by atoms with Crippen LogP contribution in [0.15, 0.2) is 36.4 Å². The van der Waals surface area contributed by atoms with Crippen LogP contribution in [0.25, 0.3) is 0 Å². The molecule has 2 nitrogen and oxygen atoms in total. The molecular weight excluding hydrogens is 379 g/mol. The molecular formula is C20H29Cl3O2. The summed E-state index contributed by atoms with van der Waals surface area (Å²) in [4.78, 5) is 0. The summed E-state index contributed by atoms with van der Waals surface area (Å²) in [7, 11) is 0. The molecule has 0 aliphatic rings. The first-order valence-electron chi connectivity index (χ1n) is 8.50. The monoisotopic (exact) mass is 406 g/mol. The summed E-state index contributed by atoms with van der Waals surface area (Å²) in [6.07, 6.45) is 2.50. The van der Waals surface area contributed by atoms with Crippen molar-refractivity contribution >= 4 is 34.8 Å². The number of benzene rings is 2. The normalized spacial score (nSPS) is 8.68. The third kappa shape index (κ3) is 12.0. The lowest BCUT2D eigenvalue weighted by Gasteiger charge is -2.09. The Morgan fingerprint density at radius 2 is 1.16 bits per heavy atom. The van der Waals surface area contributed by atoms with E-state index in [0.717, 1.165) is 0 Å². The van der Waals surface area contributed by atoms with E-state index in [1.807, 2.05) is 13.8 Å². The molecule has 2 aromatic rings. The first-order chi connectivity index (χ1) is 11.9. The smallest absolute Gasteiger partial charge is 0.169 e. The van der Waals surface area contributed by atoms with Gasteiger partial charge in [-0.2, -0.15) is 0 Å². The van der Waals surface area contributed by atoms with Gasteiger partial charge in [-0.05, 0) is 30.3 Å². The molecule has 5 heteroatoms. The minimum absolute atomic E-state index is 0.0523. The highest BCUT2D eigenvalue weighted by atomic mass is 35.5. The molecule has 0 heterocycles. The number of aromatic hydroxyl groups is 1. The molecule has 0 atom stereocenters. The molecule has 2 aromatic carbocycles. The Balaban J connectivity index is 0. The first-order valence-corrected chi connectivity index (χ1v) is 9.64. The Morgan fingerprint density at radius 1 is 0.760 bits per heavy atom. The summed E-state index contributed by atoms with van der Waals surface area (Å²) >= 11 is 17.4. The van der Waals surface area contributed by atoms with E-state index in [1.165, 1.54) is 18.9 Å². The largest absolute Gasteiger partial charge is 0.504 e. The Bertz CT molecular complexity index is 536. The van der Waals surface area contributed by atoms with Crippen LogP contribution in [0.4, 0.5) is 0 Å².